The first kappa shape index (κ1) is 18.1. The van der Waals surface area contributed by atoms with E-state index in [-0.39, 0.29) is 30.5 Å². The van der Waals surface area contributed by atoms with Gasteiger partial charge < -0.3 is 13.8 Å². The van der Waals surface area contributed by atoms with Crippen LogP contribution in [0.15, 0.2) is 51.6 Å². The molecule has 150 valence electrons. The summed E-state index contributed by atoms with van der Waals surface area (Å²) in [6.45, 7) is 2.17. The van der Waals surface area contributed by atoms with Gasteiger partial charge in [0.05, 0.1) is 17.9 Å². The third kappa shape index (κ3) is 2.71. The van der Waals surface area contributed by atoms with Crippen molar-refractivity contribution in [2.24, 2.45) is 0 Å². The highest BCUT2D eigenvalue weighted by atomic mass is 32.2. The summed E-state index contributed by atoms with van der Waals surface area (Å²) in [5.41, 5.74) is 1.89. The van der Waals surface area contributed by atoms with Gasteiger partial charge in [0.2, 0.25) is 11.7 Å². The summed E-state index contributed by atoms with van der Waals surface area (Å²) in [7, 11) is -3.40. The van der Waals surface area contributed by atoms with Gasteiger partial charge in [0.1, 0.15) is 4.75 Å². The molecule has 8 nitrogen and oxygen atoms in total. The molecule has 1 unspecified atom stereocenters. The molecule has 3 aromatic rings. The largest absolute Gasteiger partial charge is 0.459 e. The Kier molecular flexibility index (Phi) is 3.92. The molecule has 1 spiro atoms. The second-order valence-corrected chi connectivity index (χ2v) is 10.1. The van der Waals surface area contributed by atoms with Gasteiger partial charge in [-0.15, -0.1) is 0 Å². The Morgan fingerprint density at radius 1 is 1.24 bits per heavy atom. The van der Waals surface area contributed by atoms with Gasteiger partial charge in [-0.1, -0.05) is 28.9 Å². The minimum Gasteiger partial charge on any atom is -0.459 e. The van der Waals surface area contributed by atoms with Crippen molar-refractivity contribution in [2.75, 3.05) is 18.8 Å². The maximum atomic E-state index is 12.9. The van der Waals surface area contributed by atoms with E-state index in [1.807, 2.05) is 31.2 Å². The van der Waals surface area contributed by atoms with Crippen LogP contribution in [0.1, 0.15) is 34.3 Å². The minimum absolute atomic E-state index is 0.0443. The van der Waals surface area contributed by atoms with Gasteiger partial charge >= 0.3 is 0 Å². The van der Waals surface area contributed by atoms with Crippen molar-refractivity contribution >= 4 is 15.7 Å². The summed E-state index contributed by atoms with van der Waals surface area (Å²) in [4.78, 5) is 18.5. The van der Waals surface area contributed by atoms with E-state index in [0.29, 0.717) is 18.1 Å². The van der Waals surface area contributed by atoms with Crippen molar-refractivity contribution < 1.29 is 22.2 Å². The first-order valence-electron chi connectivity index (χ1n) is 9.35. The number of hydrogen-bond donors (Lipinski definition) is 0. The van der Waals surface area contributed by atoms with Crippen LogP contribution in [-0.4, -0.2) is 53.0 Å². The lowest BCUT2D eigenvalue weighted by molar-refractivity contribution is 0.0472. The number of aryl methyl sites for hydroxylation is 1. The molecule has 2 aliphatic rings. The topological polar surface area (TPSA) is 107 Å². The third-order valence-corrected chi connectivity index (χ3v) is 8.44. The lowest BCUT2D eigenvalue weighted by atomic mass is 9.83. The molecule has 9 heteroatoms. The van der Waals surface area contributed by atoms with E-state index in [2.05, 4.69) is 10.1 Å². The van der Waals surface area contributed by atoms with Crippen molar-refractivity contribution in [3.8, 4) is 11.4 Å². The highest BCUT2D eigenvalue weighted by Gasteiger charge is 2.64. The first-order chi connectivity index (χ1) is 13.9. The molecule has 0 saturated carbocycles. The van der Waals surface area contributed by atoms with Crippen LogP contribution in [-0.2, 0) is 9.84 Å². The Balaban J connectivity index is 1.43. The van der Waals surface area contributed by atoms with Crippen LogP contribution in [0.2, 0.25) is 0 Å². The number of carbonyl (C=O) groups excluding carboxylic acids is 1. The number of aromatic nitrogens is 2. The van der Waals surface area contributed by atoms with Gasteiger partial charge in [0.25, 0.3) is 5.91 Å². The first-order valence-corrected chi connectivity index (χ1v) is 11.0. The van der Waals surface area contributed by atoms with Gasteiger partial charge in [0, 0.05) is 18.7 Å². The fourth-order valence-corrected chi connectivity index (χ4v) is 6.61. The van der Waals surface area contributed by atoms with Crippen LogP contribution in [0.4, 0.5) is 0 Å². The van der Waals surface area contributed by atoms with Crippen molar-refractivity contribution in [1.29, 1.82) is 0 Å². The second-order valence-electron chi connectivity index (χ2n) is 7.69. The van der Waals surface area contributed by atoms with E-state index < -0.39 is 20.5 Å². The number of nitrogens with zero attached hydrogens (tertiary/aromatic N) is 3. The molecule has 4 heterocycles. The molecule has 5 rings (SSSR count). The molecule has 29 heavy (non-hydrogen) atoms. The normalized spacial score (nSPS) is 22.0. The molecule has 0 N–H and O–H groups in total. The Morgan fingerprint density at radius 2 is 2.07 bits per heavy atom. The SMILES string of the molecule is Cc1cccc(-c2noc(C3CCS(=O)(=O)C34CN(C(=O)c3ccco3)C4)n2)c1. The molecule has 1 aromatic carbocycles. The molecule has 1 atom stereocenters. The van der Waals surface area contributed by atoms with Gasteiger partial charge in [-0.2, -0.15) is 4.98 Å². The number of hydrogen-bond acceptors (Lipinski definition) is 7. The van der Waals surface area contributed by atoms with Gasteiger partial charge in [-0.3, -0.25) is 4.79 Å². The number of amides is 1. The van der Waals surface area contributed by atoms with Crippen molar-refractivity contribution in [3.05, 3.63) is 59.9 Å². The fraction of sp³-hybridized carbons (Fsp3) is 0.350. The molecule has 0 bridgehead atoms. The zero-order valence-corrected chi connectivity index (χ0v) is 16.6. The molecule has 1 amide bonds. The zero-order valence-electron chi connectivity index (χ0n) is 15.7. The maximum absolute atomic E-state index is 12.9. The van der Waals surface area contributed by atoms with E-state index in [0.717, 1.165) is 11.1 Å². The van der Waals surface area contributed by atoms with E-state index in [1.54, 1.807) is 12.1 Å². The molecule has 0 aliphatic carbocycles. The molecule has 2 aliphatic heterocycles. The monoisotopic (exact) mass is 413 g/mol. The Morgan fingerprint density at radius 3 is 2.79 bits per heavy atom. The Hall–Kier alpha value is -2.94. The van der Waals surface area contributed by atoms with E-state index in [1.165, 1.54) is 11.2 Å². The molecule has 2 aromatic heterocycles. The molecule has 2 saturated heterocycles. The van der Waals surface area contributed by atoms with Gasteiger partial charge in [-0.25, -0.2) is 8.42 Å². The lowest BCUT2D eigenvalue weighted by Crippen LogP contribution is -2.67. The summed E-state index contributed by atoms with van der Waals surface area (Å²) in [5.74, 6) is 0.249. The zero-order chi connectivity index (χ0) is 20.2. The van der Waals surface area contributed by atoms with Gasteiger partial charge in [0.15, 0.2) is 15.6 Å². The third-order valence-electron chi connectivity index (χ3n) is 5.88. The number of likely N-dealkylation sites (tertiary alicyclic amines) is 1. The smallest absolute Gasteiger partial charge is 0.289 e. The average molecular weight is 413 g/mol. The highest BCUT2D eigenvalue weighted by molar-refractivity contribution is 7.93. The number of rotatable bonds is 3. The van der Waals surface area contributed by atoms with Crippen molar-refractivity contribution in [2.45, 2.75) is 24.0 Å². The van der Waals surface area contributed by atoms with Crippen LogP contribution in [0.25, 0.3) is 11.4 Å². The molecule has 0 radical (unpaired) electrons. The number of furan rings is 1. The molecular formula is C20H19N3O5S. The summed E-state index contributed by atoms with van der Waals surface area (Å²) in [6.07, 6.45) is 1.82. The predicted molar refractivity (Wildman–Crippen MR) is 103 cm³/mol. The van der Waals surface area contributed by atoms with Crippen LogP contribution in [0.5, 0.6) is 0 Å². The maximum Gasteiger partial charge on any atom is 0.289 e. The number of benzene rings is 1. The summed E-state index contributed by atoms with van der Waals surface area (Å²) in [5, 5.41) is 4.06. The van der Waals surface area contributed by atoms with Crippen molar-refractivity contribution in [1.82, 2.24) is 15.0 Å². The van der Waals surface area contributed by atoms with Crippen LogP contribution >= 0.6 is 0 Å². The lowest BCUT2D eigenvalue weighted by Gasteiger charge is -2.48. The molecule has 2 fully saturated rings. The summed E-state index contributed by atoms with van der Waals surface area (Å²) < 4.78 is 35.3. The Labute approximate surface area is 167 Å². The van der Waals surface area contributed by atoms with Crippen molar-refractivity contribution in [3.63, 3.8) is 0 Å². The highest BCUT2D eigenvalue weighted by Crippen LogP contribution is 2.50. The van der Waals surface area contributed by atoms with Crippen LogP contribution < -0.4 is 0 Å². The number of carbonyl (C=O) groups is 1. The van der Waals surface area contributed by atoms with E-state index >= 15 is 0 Å². The second kappa shape index (κ2) is 6.28. The Bertz CT molecular complexity index is 1180. The van der Waals surface area contributed by atoms with Crippen LogP contribution in [0.3, 0.4) is 0 Å². The standard InChI is InChI=1S/C20H19N3O5S/c1-13-4-2-5-14(10-13)17-21-18(28-22-17)15-7-9-29(25,26)20(15)11-23(12-20)19(24)16-6-3-8-27-16/h2-6,8,10,15H,7,9,11-12H2,1H3. The summed E-state index contributed by atoms with van der Waals surface area (Å²) >= 11 is 0. The molecular weight excluding hydrogens is 394 g/mol. The average Bonchev–Trinajstić information content (AvgIpc) is 3.38. The quantitative estimate of drug-likeness (QED) is 0.649. The van der Waals surface area contributed by atoms with E-state index in [9.17, 15) is 13.2 Å². The van der Waals surface area contributed by atoms with Crippen LogP contribution in [0, 0.1) is 6.92 Å². The summed E-state index contributed by atoms with van der Waals surface area (Å²) in [6, 6.07) is 10.9. The van der Waals surface area contributed by atoms with Gasteiger partial charge in [-0.05, 0) is 31.5 Å². The number of sulfone groups is 1. The fourth-order valence-electron chi connectivity index (χ4n) is 4.30. The predicted octanol–water partition coefficient (Wildman–Crippen LogP) is 2.43. The minimum atomic E-state index is -3.40. The van der Waals surface area contributed by atoms with E-state index in [4.69, 9.17) is 8.94 Å².